The number of rotatable bonds is 4. The van der Waals surface area contributed by atoms with Gasteiger partial charge in [-0.1, -0.05) is 19.9 Å². The number of nitrogens with zero attached hydrogens (tertiary/aromatic N) is 1. The zero-order chi connectivity index (χ0) is 15.4. The number of pyridine rings is 1. The third-order valence-corrected chi connectivity index (χ3v) is 3.55. The lowest BCUT2D eigenvalue weighted by Gasteiger charge is -2.36. The fraction of sp³-hybridized carbons (Fsp3) is 0.533. The van der Waals surface area contributed by atoms with E-state index in [0.29, 0.717) is 25.4 Å². The van der Waals surface area contributed by atoms with E-state index in [0.717, 1.165) is 5.56 Å². The second-order valence-corrected chi connectivity index (χ2v) is 5.76. The Kier molecular flexibility index (Phi) is 4.77. The highest BCUT2D eigenvalue weighted by Gasteiger charge is 2.33. The van der Waals surface area contributed by atoms with Crippen LogP contribution in [0.25, 0.3) is 0 Å². The largest absolute Gasteiger partial charge is 0.353 e. The summed E-state index contributed by atoms with van der Waals surface area (Å²) in [6.07, 6.45) is 2.39. The van der Waals surface area contributed by atoms with Gasteiger partial charge in [-0.2, -0.15) is 0 Å². The van der Waals surface area contributed by atoms with Gasteiger partial charge in [0.05, 0.1) is 6.42 Å². The van der Waals surface area contributed by atoms with Crippen LogP contribution in [-0.4, -0.2) is 40.8 Å². The van der Waals surface area contributed by atoms with Gasteiger partial charge in [0, 0.05) is 25.4 Å². The van der Waals surface area contributed by atoms with Crippen molar-refractivity contribution in [2.75, 3.05) is 13.1 Å². The van der Waals surface area contributed by atoms with Crippen LogP contribution in [0.1, 0.15) is 25.8 Å². The molecular formula is C15H21N3O3. The maximum atomic E-state index is 12.4. The van der Waals surface area contributed by atoms with Crippen LogP contribution in [0.15, 0.2) is 23.1 Å². The quantitative estimate of drug-likeness (QED) is 0.836. The maximum absolute atomic E-state index is 12.4. The smallest absolute Gasteiger partial charge is 0.247 e. The minimum atomic E-state index is -0.394. The van der Waals surface area contributed by atoms with E-state index >= 15 is 0 Å². The summed E-state index contributed by atoms with van der Waals surface area (Å²) >= 11 is 0. The molecule has 1 aliphatic heterocycles. The third kappa shape index (κ3) is 3.93. The summed E-state index contributed by atoms with van der Waals surface area (Å²) in [5.41, 5.74) is 0.551. The van der Waals surface area contributed by atoms with Crippen LogP contribution in [0.5, 0.6) is 0 Å². The van der Waals surface area contributed by atoms with Gasteiger partial charge < -0.3 is 15.2 Å². The SMILES string of the molecule is CC(C)C[C@@H]1C(=O)NCCN1C(=O)Cc1ccc(=O)[nH]c1. The van der Waals surface area contributed by atoms with E-state index in [9.17, 15) is 14.4 Å². The normalized spacial score (nSPS) is 18.7. The lowest BCUT2D eigenvalue weighted by molar-refractivity contribution is -0.143. The lowest BCUT2D eigenvalue weighted by atomic mass is 9.99. The van der Waals surface area contributed by atoms with E-state index in [1.54, 1.807) is 17.2 Å². The topological polar surface area (TPSA) is 82.3 Å². The van der Waals surface area contributed by atoms with Crippen LogP contribution >= 0.6 is 0 Å². The molecule has 0 unspecified atom stereocenters. The van der Waals surface area contributed by atoms with Gasteiger partial charge in [0.15, 0.2) is 0 Å². The fourth-order valence-corrected chi connectivity index (χ4v) is 2.52. The average molecular weight is 291 g/mol. The molecule has 1 aromatic heterocycles. The average Bonchev–Trinajstić information content (AvgIpc) is 2.43. The molecule has 0 aromatic carbocycles. The number of H-pyrrole nitrogens is 1. The molecule has 1 aromatic rings. The monoisotopic (exact) mass is 291 g/mol. The molecule has 0 aliphatic carbocycles. The van der Waals surface area contributed by atoms with Crippen molar-refractivity contribution in [2.45, 2.75) is 32.7 Å². The first-order valence-electron chi connectivity index (χ1n) is 7.22. The van der Waals surface area contributed by atoms with E-state index in [4.69, 9.17) is 0 Å². The molecule has 0 saturated carbocycles. The van der Waals surface area contributed by atoms with Gasteiger partial charge >= 0.3 is 0 Å². The Morgan fingerprint density at radius 2 is 2.14 bits per heavy atom. The first-order chi connectivity index (χ1) is 9.97. The Morgan fingerprint density at radius 1 is 1.38 bits per heavy atom. The molecule has 0 spiro atoms. The van der Waals surface area contributed by atoms with Gasteiger partial charge in [-0.15, -0.1) is 0 Å². The van der Waals surface area contributed by atoms with Crippen LogP contribution in [0.2, 0.25) is 0 Å². The maximum Gasteiger partial charge on any atom is 0.247 e. The summed E-state index contributed by atoms with van der Waals surface area (Å²) in [6.45, 7) is 5.09. The third-order valence-electron chi connectivity index (χ3n) is 3.55. The Hall–Kier alpha value is -2.11. The number of carbonyl (C=O) groups excluding carboxylic acids is 2. The molecule has 2 amide bonds. The van der Waals surface area contributed by atoms with Crippen molar-refractivity contribution in [3.05, 3.63) is 34.2 Å². The Labute approximate surface area is 123 Å². The number of hydrogen-bond acceptors (Lipinski definition) is 3. The van der Waals surface area contributed by atoms with Gasteiger partial charge in [-0.3, -0.25) is 14.4 Å². The van der Waals surface area contributed by atoms with Crippen molar-refractivity contribution in [2.24, 2.45) is 5.92 Å². The molecule has 114 valence electrons. The number of piperazine rings is 1. The lowest BCUT2D eigenvalue weighted by Crippen LogP contribution is -2.57. The van der Waals surface area contributed by atoms with E-state index in [1.165, 1.54) is 6.07 Å². The highest BCUT2D eigenvalue weighted by molar-refractivity contribution is 5.89. The van der Waals surface area contributed by atoms with E-state index in [-0.39, 0.29) is 23.8 Å². The van der Waals surface area contributed by atoms with Crippen molar-refractivity contribution in [3.8, 4) is 0 Å². The minimum absolute atomic E-state index is 0.0789. The van der Waals surface area contributed by atoms with Crippen molar-refractivity contribution >= 4 is 11.8 Å². The van der Waals surface area contributed by atoms with Crippen molar-refractivity contribution in [3.63, 3.8) is 0 Å². The van der Waals surface area contributed by atoms with E-state index < -0.39 is 6.04 Å². The molecule has 2 N–H and O–H groups in total. The van der Waals surface area contributed by atoms with Crippen molar-refractivity contribution in [1.29, 1.82) is 0 Å². The van der Waals surface area contributed by atoms with Crippen LogP contribution in [0.3, 0.4) is 0 Å². The molecule has 1 atom stereocenters. The summed E-state index contributed by atoms with van der Waals surface area (Å²) in [5.74, 6) is 0.176. The highest BCUT2D eigenvalue weighted by atomic mass is 16.2. The second-order valence-electron chi connectivity index (χ2n) is 5.76. The first kappa shape index (κ1) is 15.3. The Balaban J connectivity index is 2.09. The molecular weight excluding hydrogens is 270 g/mol. The fourth-order valence-electron chi connectivity index (χ4n) is 2.52. The van der Waals surface area contributed by atoms with Gasteiger partial charge in [-0.05, 0) is 17.9 Å². The number of nitrogens with one attached hydrogen (secondary N) is 2. The number of carbonyl (C=O) groups is 2. The van der Waals surface area contributed by atoms with Gasteiger partial charge in [0.25, 0.3) is 0 Å². The van der Waals surface area contributed by atoms with Crippen LogP contribution in [0, 0.1) is 5.92 Å². The van der Waals surface area contributed by atoms with Gasteiger partial charge in [0.1, 0.15) is 6.04 Å². The molecule has 0 bridgehead atoms. The standard InChI is InChI=1S/C15H21N3O3/c1-10(2)7-12-15(21)16-5-6-18(12)14(20)8-11-3-4-13(19)17-9-11/h3-4,9-10,12H,5-8H2,1-2H3,(H,16,21)(H,17,19)/t12-/m1/s1. The first-order valence-corrected chi connectivity index (χ1v) is 7.22. The molecule has 21 heavy (non-hydrogen) atoms. The Morgan fingerprint density at radius 3 is 2.76 bits per heavy atom. The minimum Gasteiger partial charge on any atom is -0.353 e. The molecule has 0 radical (unpaired) electrons. The summed E-state index contributed by atoms with van der Waals surface area (Å²) in [7, 11) is 0. The summed E-state index contributed by atoms with van der Waals surface area (Å²) < 4.78 is 0. The summed E-state index contributed by atoms with van der Waals surface area (Å²) in [6, 6.07) is 2.64. The molecule has 6 nitrogen and oxygen atoms in total. The van der Waals surface area contributed by atoms with Crippen LogP contribution < -0.4 is 10.9 Å². The molecule has 2 rings (SSSR count). The van der Waals surface area contributed by atoms with Crippen molar-refractivity contribution < 1.29 is 9.59 Å². The molecule has 2 heterocycles. The van der Waals surface area contributed by atoms with Crippen LogP contribution in [-0.2, 0) is 16.0 Å². The van der Waals surface area contributed by atoms with E-state index in [2.05, 4.69) is 10.3 Å². The highest BCUT2D eigenvalue weighted by Crippen LogP contribution is 2.16. The Bertz CT molecular complexity index is 559. The molecule has 1 fully saturated rings. The molecule has 1 saturated heterocycles. The molecule has 6 heteroatoms. The zero-order valence-electron chi connectivity index (χ0n) is 12.4. The van der Waals surface area contributed by atoms with Gasteiger partial charge in [0.2, 0.25) is 17.4 Å². The molecule has 1 aliphatic rings. The predicted molar refractivity (Wildman–Crippen MR) is 78.7 cm³/mol. The second kappa shape index (κ2) is 6.56. The zero-order valence-corrected chi connectivity index (χ0v) is 12.4. The predicted octanol–water partition coefficient (Wildman–Crippen LogP) is 0.290. The van der Waals surface area contributed by atoms with Crippen LogP contribution in [0.4, 0.5) is 0 Å². The number of amides is 2. The number of hydrogen-bond donors (Lipinski definition) is 2. The van der Waals surface area contributed by atoms with E-state index in [1.807, 2.05) is 13.8 Å². The number of aromatic amines is 1. The number of aromatic nitrogens is 1. The van der Waals surface area contributed by atoms with Gasteiger partial charge in [-0.25, -0.2) is 0 Å². The van der Waals surface area contributed by atoms with Crippen molar-refractivity contribution in [1.82, 2.24) is 15.2 Å². The summed E-state index contributed by atoms with van der Waals surface area (Å²) in [5, 5.41) is 2.81. The summed E-state index contributed by atoms with van der Waals surface area (Å²) in [4.78, 5) is 39.7.